The normalized spacial score (nSPS) is 12.8. The van der Waals surface area contributed by atoms with Crippen LogP contribution in [-0.4, -0.2) is 6.10 Å². The summed E-state index contributed by atoms with van der Waals surface area (Å²) in [5.41, 5.74) is 1.25. The van der Waals surface area contributed by atoms with Crippen molar-refractivity contribution in [3.63, 3.8) is 0 Å². The molecule has 3 aromatic rings. The highest BCUT2D eigenvalue weighted by molar-refractivity contribution is 9.09. The van der Waals surface area contributed by atoms with Gasteiger partial charge in [0.1, 0.15) is 5.75 Å². The lowest BCUT2D eigenvalue weighted by molar-refractivity contribution is 0.242. The maximum Gasteiger partial charge on any atom is 0.119 e. The first-order valence-corrected chi connectivity index (χ1v) is 8.76. The molecule has 0 aliphatic carbocycles. The highest BCUT2D eigenvalue weighted by Gasteiger charge is 2.13. The standard InChI is InChI=1S/C18H17BrOS/c1-12(2)20-15-9-7-13(8-10-15)18(19)17-11-14-5-3-4-6-16(14)21-17/h3-12,18H,1-2H3. The zero-order valence-electron chi connectivity index (χ0n) is 12.0. The van der Waals surface area contributed by atoms with Gasteiger partial charge in [-0.25, -0.2) is 0 Å². The molecular formula is C18H17BrOS. The molecule has 0 radical (unpaired) electrons. The lowest BCUT2D eigenvalue weighted by atomic mass is 10.1. The molecule has 0 saturated carbocycles. The van der Waals surface area contributed by atoms with Crippen LogP contribution in [0.1, 0.15) is 29.1 Å². The summed E-state index contributed by atoms with van der Waals surface area (Å²) >= 11 is 5.65. The molecule has 0 spiro atoms. The molecule has 0 aliphatic rings. The summed E-state index contributed by atoms with van der Waals surface area (Å²) in [7, 11) is 0. The van der Waals surface area contributed by atoms with E-state index >= 15 is 0 Å². The van der Waals surface area contributed by atoms with E-state index in [2.05, 4.69) is 58.4 Å². The molecule has 0 saturated heterocycles. The van der Waals surface area contributed by atoms with Crippen molar-refractivity contribution >= 4 is 37.4 Å². The largest absolute Gasteiger partial charge is 0.491 e. The maximum absolute atomic E-state index is 5.69. The van der Waals surface area contributed by atoms with E-state index in [1.165, 1.54) is 20.5 Å². The number of benzene rings is 2. The van der Waals surface area contributed by atoms with Gasteiger partial charge >= 0.3 is 0 Å². The zero-order chi connectivity index (χ0) is 14.8. The van der Waals surface area contributed by atoms with Gasteiger partial charge in [0.25, 0.3) is 0 Å². The Morgan fingerprint density at radius 1 is 1.00 bits per heavy atom. The zero-order valence-corrected chi connectivity index (χ0v) is 14.4. The topological polar surface area (TPSA) is 9.23 Å². The molecule has 1 aromatic heterocycles. The Balaban J connectivity index is 1.85. The average Bonchev–Trinajstić information content (AvgIpc) is 2.90. The van der Waals surface area contributed by atoms with Crippen LogP contribution in [0.5, 0.6) is 5.75 Å². The number of thiophene rings is 1. The van der Waals surface area contributed by atoms with Gasteiger partial charge in [0.05, 0.1) is 10.9 Å². The second-order valence-corrected chi connectivity index (χ2v) is 7.32. The minimum absolute atomic E-state index is 0.207. The average molecular weight is 361 g/mol. The van der Waals surface area contributed by atoms with E-state index < -0.39 is 0 Å². The fourth-order valence-corrected chi connectivity index (χ4v) is 4.07. The van der Waals surface area contributed by atoms with Crippen LogP contribution in [-0.2, 0) is 0 Å². The first-order valence-electron chi connectivity index (χ1n) is 7.02. The third-order valence-electron chi connectivity index (χ3n) is 3.24. The third-order valence-corrected chi connectivity index (χ3v) is 5.74. The Labute approximate surface area is 137 Å². The first-order chi connectivity index (χ1) is 10.1. The number of alkyl halides is 1. The van der Waals surface area contributed by atoms with Gasteiger partial charge in [-0.3, -0.25) is 0 Å². The van der Waals surface area contributed by atoms with Crippen LogP contribution in [0.2, 0.25) is 0 Å². The Morgan fingerprint density at radius 3 is 2.38 bits per heavy atom. The summed E-state index contributed by atoms with van der Waals surface area (Å²) < 4.78 is 7.02. The Morgan fingerprint density at radius 2 is 1.71 bits per heavy atom. The fraction of sp³-hybridized carbons (Fsp3) is 0.222. The lowest BCUT2D eigenvalue weighted by Crippen LogP contribution is -2.05. The second-order valence-electron chi connectivity index (χ2n) is 5.28. The van der Waals surface area contributed by atoms with Gasteiger partial charge in [-0.15, -0.1) is 11.3 Å². The Bertz CT molecular complexity index is 697. The summed E-state index contributed by atoms with van der Waals surface area (Å²) in [6.07, 6.45) is 0.207. The van der Waals surface area contributed by atoms with Crippen molar-refractivity contribution < 1.29 is 4.74 Å². The van der Waals surface area contributed by atoms with Gasteiger partial charge < -0.3 is 4.74 Å². The molecule has 2 aromatic carbocycles. The monoisotopic (exact) mass is 360 g/mol. The van der Waals surface area contributed by atoms with Crippen molar-refractivity contribution in [1.29, 1.82) is 0 Å². The van der Waals surface area contributed by atoms with Crippen LogP contribution in [0.3, 0.4) is 0 Å². The molecule has 1 unspecified atom stereocenters. The molecule has 1 heterocycles. The molecule has 21 heavy (non-hydrogen) atoms. The predicted molar refractivity (Wildman–Crippen MR) is 94.8 cm³/mol. The summed E-state index contributed by atoms with van der Waals surface area (Å²) in [5, 5.41) is 1.31. The van der Waals surface area contributed by atoms with E-state index in [1.54, 1.807) is 0 Å². The molecule has 0 fully saturated rings. The summed E-state index contributed by atoms with van der Waals surface area (Å²) in [4.78, 5) is 1.55. The van der Waals surface area contributed by atoms with Gasteiger partial charge in [0, 0.05) is 9.58 Å². The van der Waals surface area contributed by atoms with Crippen LogP contribution in [0.25, 0.3) is 10.1 Å². The summed E-state index contributed by atoms with van der Waals surface area (Å²) in [6.45, 7) is 4.08. The first kappa shape index (κ1) is 14.6. The van der Waals surface area contributed by atoms with Crippen LogP contribution in [0.15, 0.2) is 54.6 Å². The van der Waals surface area contributed by atoms with Crippen LogP contribution < -0.4 is 4.74 Å². The quantitative estimate of drug-likeness (QED) is 0.505. The van der Waals surface area contributed by atoms with Gasteiger partial charge in [-0.1, -0.05) is 46.3 Å². The molecule has 0 N–H and O–H groups in total. The van der Waals surface area contributed by atoms with Gasteiger partial charge in [-0.05, 0) is 49.1 Å². The smallest absolute Gasteiger partial charge is 0.119 e. The maximum atomic E-state index is 5.69. The van der Waals surface area contributed by atoms with Crippen molar-refractivity contribution in [2.24, 2.45) is 0 Å². The number of hydrogen-bond donors (Lipinski definition) is 0. The molecule has 0 bridgehead atoms. The Hall–Kier alpha value is -1.32. The fourth-order valence-electron chi connectivity index (χ4n) is 2.28. The minimum Gasteiger partial charge on any atom is -0.491 e. The van der Waals surface area contributed by atoms with Crippen molar-refractivity contribution in [2.75, 3.05) is 0 Å². The summed E-state index contributed by atoms with van der Waals surface area (Å²) in [5.74, 6) is 0.921. The van der Waals surface area contributed by atoms with Gasteiger partial charge in [0.15, 0.2) is 0 Å². The van der Waals surface area contributed by atoms with E-state index in [-0.39, 0.29) is 10.9 Å². The number of fused-ring (bicyclic) bond motifs is 1. The number of rotatable bonds is 4. The number of hydrogen-bond acceptors (Lipinski definition) is 2. The molecule has 0 amide bonds. The molecule has 1 atom stereocenters. The molecule has 3 heteroatoms. The summed E-state index contributed by atoms with van der Waals surface area (Å²) in [6, 6.07) is 19.1. The number of ether oxygens (including phenoxy) is 1. The van der Waals surface area contributed by atoms with Crippen molar-refractivity contribution in [3.8, 4) is 5.75 Å². The molecule has 1 nitrogen and oxygen atoms in total. The van der Waals surface area contributed by atoms with Crippen molar-refractivity contribution in [1.82, 2.24) is 0 Å². The molecule has 108 valence electrons. The highest BCUT2D eigenvalue weighted by atomic mass is 79.9. The van der Waals surface area contributed by atoms with E-state index in [4.69, 9.17) is 4.74 Å². The minimum atomic E-state index is 0.207. The Kier molecular flexibility index (Phi) is 4.32. The highest BCUT2D eigenvalue weighted by Crippen LogP contribution is 2.38. The van der Waals surface area contributed by atoms with Gasteiger partial charge in [-0.2, -0.15) is 0 Å². The second kappa shape index (κ2) is 6.20. The van der Waals surface area contributed by atoms with Crippen LogP contribution in [0, 0.1) is 0 Å². The molecular weight excluding hydrogens is 344 g/mol. The van der Waals surface area contributed by atoms with E-state index in [0.29, 0.717) is 0 Å². The van der Waals surface area contributed by atoms with Crippen molar-refractivity contribution in [3.05, 3.63) is 65.0 Å². The van der Waals surface area contributed by atoms with Gasteiger partial charge in [0.2, 0.25) is 0 Å². The third kappa shape index (κ3) is 3.30. The van der Waals surface area contributed by atoms with E-state index in [0.717, 1.165) is 5.75 Å². The number of halogens is 1. The van der Waals surface area contributed by atoms with Crippen LogP contribution in [0.4, 0.5) is 0 Å². The SMILES string of the molecule is CC(C)Oc1ccc(C(Br)c2cc3ccccc3s2)cc1. The van der Waals surface area contributed by atoms with E-state index in [1.807, 2.05) is 37.3 Å². The van der Waals surface area contributed by atoms with Crippen LogP contribution >= 0.6 is 27.3 Å². The predicted octanol–water partition coefficient (Wildman–Crippen LogP) is 6.17. The van der Waals surface area contributed by atoms with Crippen molar-refractivity contribution in [2.45, 2.75) is 24.8 Å². The molecule has 0 aliphatic heterocycles. The molecule has 3 rings (SSSR count). The van der Waals surface area contributed by atoms with E-state index in [9.17, 15) is 0 Å². The lowest BCUT2D eigenvalue weighted by Gasteiger charge is -2.12.